The van der Waals surface area contributed by atoms with Gasteiger partial charge in [-0.2, -0.15) is 13.2 Å². The van der Waals surface area contributed by atoms with Crippen LogP contribution in [-0.4, -0.2) is 65.4 Å². The Morgan fingerprint density at radius 2 is 1.59 bits per heavy atom. The molecule has 29 heavy (non-hydrogen) atoms. The van der Waals surface area contributed by atoms with E-state index in [1.54, 1.807) is 20.8 Å². The van der Waals surface area contributed by atoms with Crippen molar-refractivity contribution in [1.29, 1.82) is 0 Å². The van der Waals surface area contributed by atoms with Crippen LogP contribution in [-0.2, 0) is 23.9 Å². The summed E-state index contributed by atoms with van der Waals surface area (Å²) in [5, 5.41) is 10.7. The standard InChI is InChI=1S/C19H30F3NO6/c1-17(2,3)13(24)11(14(25)28-7)10-8-9-23(16(27)19(20,21)22)12(10)15(26)29-18(4,5)6/h10-13,24H,8-9H2,1-7H3/t10-,11+,12-,13-/m0/s1. The van der Waals surface area contributed by atoms with Gasteiger partial charge in [-0.1, -0.05) is 20.8 Å². The Morgan fingerprint density at radius 1 is 1.07 bits per heavy atom. The molecule has 4 atom stereocenters. The Kier molecular flexibility index (Phi) is 7.38. The molecule has 0 saturated carbocycles. The number of hydrogen-bond acceptors (Lipinski definition) is 6. The number of ether oxygens (including phenoxy) is 2. The third kappa shape index (κ3) is 6.07. The van der Waals surface area contributed by atoms with E-state index in [9.17, 15) is 32.7 Å². The van der Waals surface area contributed by atoms with Gasteiger partial charge in [0.1, 0.15) is 11.6 Å². The molecule has 1 heterocycles. The van der Waals surface area contributed by atoms with Crippen LogP contribution in [0.15, 0.2) is 0 Å². The molecule has 1 aliphatic rings. The van der Waals surface area contributed by atoms with Gasteiger partial charge in [0.25, 0.3) is 0 Å². The van der Waals surface area contributed by atoms with E-state index in [0.29, 0.717) is 4.90 Å². The zero-order valence-corrected chi connectivity index (χ0v) is 17.8. The normalized spacial score (nSPS) is 22.8. The fraction of sp³-hybridized carbons (Fsp3) is 0.842. The molecule has 0 aliphatic carbocycles. The number of likely N-dealkylation sites (tertiary alicyclic amines) is 1. The third-order valence-corrected chi connectivity index (χ3v) is 4.76. The molecule has 1 saturated heterocycles. The van der Waals surface area contributed by atoms with Gasteiger partial charge in [0.05, 0.1) is 19.1 Å². The molecule has 1 rings (SSSR count). The minimum absolute atomic E-state index is 0.0986. The fourth-order valence-electron chi connectivity index (χ4n) is 3.46. The number of carbonyl (C=O) groups is 3. The molecule has 1 amide bonds. The number of halogens is 3. The van der Waals surface area contributed by atoms with E-state index in [1.165, 1.54) is 20.8 Å². The molecular formula is C19H30F3NO6. The van der Waals surface area contributed by atoms with E-state index < -0.39 is 65.6 Å². The van der Waals surface area contributed by atoms with Crippen molar-refractivity contribution >= 4 is 17.8 Å². The van der Waals surface area contributed by atoms with Gasteiger partial charge in [0.15, 0.2) is 0 Å². The Labute approximate surface area is 168 Å². The monoisotopic (exact) mass is 425 g/mol. The molecule has 0 radical (unpaired) electrons. The number of hydrogen-bond donors (Lipinski definition) is 1. The maximum atomic E-state index is 13.1. The number of rotatable bonds is 4. The van der Waals surface area contributed by atoms with Crippen molar-refractivity contribution in [3.8, 4) is 0 Å². The van der Waals surface area contributed by atoms with Crippen LogP contribution in [0.3, 0.4) is 0 Å². The minimum atomic E-state index is -5.20. The van der Waals surface area contributed by atoms with Gasteiger partial charge in [0, 0.05) is 12.5 Å². The molecule has 0 unspecified atom stereocenters. The van der Waals surface area contributed by atoms with Gasteiger partial charge in [-0.25, -0.2) is 4.79 Å². The van der Waals surface area contributed by atoms with Gasteiger partial charge < -0.3 is 19.5 Å². The zero-order valence-electron chi connectivity index (χ0n) is 17.8. The molecule has 0 aromatic carbocycles. The number of aliphatic hydroxyl groups is 1. The average Bonchev–Trinajstić information content (AvgIpc) is 2.95. The largest absolute Gasteiger partial charge is 0.471 e. The highest BCUT2D eigenvalue weighted by molar-refractivity contribution is 5.89. The predicted octanol–water partition coefficient (Wildman–Crippen LogP) is 2.30. The molecule has 1 aliphatic heterocycles. The van der Waals surface area contributed by atoms with Gasteiger partial charge in [0.2, 0.25) is 0 Å². The SMILES string of the molecule is COC(=O)[C@H]([C@@H]1CCN(C(=O)C(F)(F)F)[C@@H]1C(=O)OC(C)(C)C)[C@H](O)C(C)(C)C. The maximum absolute atomic E-state index is 13.1. The van der Waals surface area contributed by atoms with Crippen LogP contribution < -0.4 is 0 Å². The second-order valence-corrected chi connectivity index (χ2v) is 9.29. The van der Waals surface area contributed by atoms with E-state index in [-0.39, 0.29) is 6.42 Å². The smallest absolute Gasteiger partial charge is 0.469 e. The highest BCUT2D eigenvalue weighted by Crippen LogP contribution is 2.40. The van der Waals surface area contributed by atoms with Crippen molar-refractivity contribution in [2.24, 2.45) is 17.3 Å². The number of nitrogens with zero attached hydrogens (tertiary/aromatic N) is 1. The number of esters is 2. The number of methoxy groups -OCH3 is 1. The van der Waals surface area contributed by atoms with Crippen LogP contribution in [0.1, 0.15) is 48.0 Å². The predicted molar refractivity (Wildman–Crippen MR) is 96.5 cm³/mol. The second-order valence-electron chi connectivity index (χ2n) is 9.29. The number of aliphatic hydroxyl groups excluding tert-OH is 1. The first-order valence-electron chi connectivity index (χ1n) is 9.28. The van der Waals surface area contributed by atoms with Crippen LogP contribution >= 0.6 is 0 Å². The summed E-state index contributed by atoms with van der Waals surface area (Å²) in [4.78, 5) is 37.6. The molecule has 0 aromatic heterocycles. The topological polar surface area (TPSA) is 93.1 Å². The summed E-state index contributed by atoms with van der Waals surface area (Å²) < 4.78 is 49.3. The summed E-state index contributed by atoms with van der Waals surface area (Å²) in [6.07, 6.45) is -6.62. The van der Waals surface area contributed by atoms with E-state index in [4.69, 9.17) is 9.47 Å². The van der Waals surface area contributed by atoms with Crippen LogP contribution in [0.2, 0.25) is 0 Å². The Hall–Kier alpha value is -1.84. The number of alkyl halides is 3. The van der Waals surface area contributed by atoms with Gasteiger partial charge in [-0.05, 0) is 32.6 Å². The first-order chi connectivity index (χ1) is 12.9. The fourth-order valence-corrected chi connectivity index (χ4v) is 3.46. The zero-order chi connectivity index (χ0) is 22.9. The van der Waals surface area contributed by atoms with Crippen LogP contribution in [0.4, 0.5) is 13.2 Å². The summed E-state index contributed by atoms with van der Waals surface area (Å²) in [7, 11) is 1.08. The molecule has 1 fully saturated rings. The summed E-state index contributed by atoms with van der Waals surface area (Å²) in [6.45, 7) is 9.13. The first-order valence-corrected chi connectivity index (χ1v) is 9.28. The Bertz CT molecular complexity index is 635. The van der Waals surface area contributed by atoms with E-state index in [0.717, 1.165) is 7.11 Å². The molecule has 10 heteroatoms. The van der Waals surface area contributed by atoms with E-state index in [2.05, 4.69) is 0 Å². The molecular weight excluding hydrogens is 395 g/mol. The van der Waals surface area contributed by atoms with Crippen molar-refractivity contribution in [2.45, 2.75) is 71.9 Å². The van der Waals surface area contributed by atoms with E-state index >= 15 is 0 Å². The van der Waals surface area contributed by atoms with Crippen molar-refractivity contribution in [2.75, 3.05) is 13.7 Å². The Balaban J connectivity index is 3.45. The van der Waals surface area contributed by atoms with Crippen LogP contribution in [0, 0.1) is 17.3 Å². The van der Waals surface area contributed by atoms with Gasteiger partial charge in [-0.15, -0.1) is 0 Å². The average molecular weight is 425 g/mol. The number of amides is 1. The quantitative estimate of drug-likeness (QED) is 0.695. The van der Waals surface area contributed by atoms with Crippen molar-refractivity contribution in [1.82, 2.24) is 4.90 Å². The van der Waals surface area contributed by atoms with Crippen molar-refractivity contribution < 1.29 is 42.1 Å². The number of carbonyl (C=O) groups excluding carboxylic acids is 3. The van der Waals surface area contributed by atoms with Crippen molar-refractivity contribution in [3.05, 3.63) is 0 Å². The molecule has 1 N–H and O–H groups in total. The van der Waals surface area contributed by atoms with Crippen molar-refractivity contribution in [3.63, 3.8) is 0 Å². The third-order valence-electron chi connectivity index (χ3n) is 4.76. The minimum Gasteiger partial charge on any atom is -0.469 e. The lowest BCUT2D eigenvalue weighted by molar-refractivity contribution is -0.191. The van der Waals surface area contributed by atoms with Crippen LogP contribution in [0.5, 0.6) is 0 Å². The molecule has 0 bridgehead atoms. The molecule has 168 valence electrons. The summed E-state index contributed by atoms with van der Waals surface area (Å²) in [5.41, 5.74) is -1.86. The summed E-state index contributed by atoms with van der Waals surface area (Å²) in [6, 6.07) is -1.68. The maximum Gasteiger partial charge on any atom is 0.471 e. The molecule has 0 spiro atoms. The molecule has 0 aromatic rings. The summed E-state index contributed by atoms with van der Waals surface area (Å²) >= 11 is 0. The Morgan fingerprint density at radius 3 is 1.97 bits per heavy atom. The lowest BCUT2D eigenvalue weighted by Gasteiger charge is -2.37. The highest BCUT2D eigenvalue weighted by atomic mass is 19.4. The molecule has 7 nitrogen and oxygen atoms in total. The first kappa shape index (κ1) is 25.2. The lowest BCUT2D eigenvalue weighted by Crippen LogP contribution is -2.54. The van der Waals surface area contributed by atoms with Crippen LogP contribution in [0.25, 0.3) is 0 Å². The summed E-state index contributed by atoms with van der Waals surface area (Å²) in [5.74, 6) is -6.54. The highest BCUT2D eigenvalue weighted by Gasteiger charge is 2.56. The second kappa shape index (κ2) is 8.49. The van der Waals surface area contributed by atoms with E-state index in [1.807, 2.05) is 0 Å². The van der Waals surface area contributed by atoms with Gasteiger partial charge >= 0.3 is 24.0 Å². The lowest BCUT2D eigenvalue weighted by atomic mass is 9.73. The van der Waals surface area contributed by atoms with Gasteiger partial charge in [-0.3, -0.25) is 9.59 Å².